The first kappa shape index (κ1) is 8.81. The number of nitrogens with zero attached hydrogens (tertiary/aromatic N) is 2. The molecule has 0 aliphatic carbocycles. The van der Waals surface area contributed by atoms with Gasteiger partial charge in [-0.3, -0.25) is 0 Å². The molecular weight excluding hydrogens is 174 g/mol. The zero-order valence-electron chi connectivity index (χ0n) is 9.38. The summed E-state index contributed by atoms with van der Waals surface area (Å²) in [5, 5.41) is 7.23. The Morgan fingerprint density at radius 2 is 2.07 bits per heavy atom. The molecule has 14 heavy (non-hydrogen) atoms. The Labute approximate surface area is 85.3 Å². The highest BCUT2D eigenvalue weighted by Gasteiger charge is 1.79. The van der Waals surface area contributed by atoms with Gasteiger partial charge in [0.15, 0.2) is 12.4 Å². The molecule has 0 amide bonds. The van der Waals surface area contributed by atoms with Crippen LogP contribution >= 0.6 is 0 Å². The molecule has 2 heterocycles. The van der Waals surface area contributed by atoms with Crippen molar-refractivity contribution >= 4 is 0 Å². The van der Waals surface area contributed by atoms with Crippen LogP contribution < -0.4 is 4.98 Å². The molecule has 0 aliphatic heterocycles. The fourth-order valence-electron chi connectivity index (χ4n) is 0.805. The molecule has 0 aliphatic rings. The van der Waals surface area contributed by atoms with Crippen LogP contribution in [0.5, 0.6) is 0 Å². The molecule has 72 valence electrons. The number of aromatic nitrogens is 3. The second kappa shape index (κ2) is 5.80. The van der Waals surface area contributed by atoms with Crippen molar-refractivity contribution < 1.29 is 6.39 Å². The minimum absolute atomic E-state index is 1.11. The topological polar surface area (TPSA) is 39.9 Å². The quantitative estimate of drug-likeness (QED) is 0.633. The number of aryl methyl sites for hydroxylation is 2. The highest BCUT2D eigenvalue weighted by Crippen LogP contribution is 1.85. The summed E-state index contributed by atoms with van der Waals surface area (Å²) in [7, 11) is 0. The zero-order chi connectivity index (χ0) is 11.1. The van der Waals surface area contributed by atoms with E-state index in [0.29, 0.717) is 0 Å². The second-order valence-electron chi connectivity index (χ2n) is 2.95. The fraction of sp³-hybridized carbons (Fsp3) is 0.182. The van der Waals surface area contributed by atoms with Gasteiger partial charge in [0.25, 0.3) is 0 Å². The Morgan fingerprint density at radius 1 is 1.21 bits per heavy atom. The van der Waals surface area contributed by atoms with Crippen molar-refractivity contribution in [2.24, 2.45) is 0 Å². The lowest BCUT2D eigenvalue weighted by Crippen LogP contribution is -1.97. The van der Waals surface area contributed by atoms with Crippen molar-refractivity contribution in [3.8, 4) is 0 Å². The average molecular weight is 190 g/mol. The molecule has 0 atom stereocenters. The molecule has 0 bridgehead atoms. The molecule has 3 nitrogen and oxygen atoms in total. The van der Waals surface area contributed by atoms with Crippen molar-refractivity contribution in [3.63, 3.8) is 0 Å². The van der Waals surface area contributed by atoms with E-state index in [-0.39, 0.29) is 0 Å². The highest BCUT2D eigenvalue weighted by molar-refractivity contribution is 5.01. The van der Waals surface area contributed by atoms with Gasteiger partial charge in [-0.25, -0.2) is 4.98 Å². The Hall–Kier alpha value is -1.77. The highest BCUT2D eigenvalue weighted by atomic mass is 15.1. The van der Waals surface area contributed by atoms with Gasteiger partial charge in [-0.2, -0.15) is 10.2 Å². The number of H-pyrrole nitrogens is 1. The third-order valence-corrected chi connectivity index (χ3v) is 1.54. The van der Waals surface area contributed by atoms with Crippen LogP contribution in [0.25, 0.3) is 0 Å². The molecule has 0 unspecified atom stereocenters. The van der Waals surface area contributed by atoms with E-state index in [1.807, 2.05) is 32.0 Å². The van der Waals surface area contributed by atoms with Crippen LogP contribution in [-0.2, 0) is 0 Å². The second-order valence-corrected chi connectivity index (χ2v) is 2.95. The molecule has 0 aromatic carbocycles. The maximum Gasteiger partial charge on any atom is 0.453 e. The third kappa shape index (κ3) is 4.30. The van der Waals surface area contributed by atoms with E-state index in [1.54, 1.807) is 24.8 Å². The first-order chi connectivity index (χ1) is 7.18. The van der Waals surface area contributed by atoms with Gasteiger partial charge in [0, 0.05) is 17.8 Å². The summed E-state index contributed by atoms with van der Waals surface area (Å²) in [4.78, 5) is 1.29. The van der Waals surface area contributed by atoms with Crippen LogP contribution in [0, 0.1) is 13.8 Å². The number of hydrogen-bond acceptors (Lipinski definition) is 2. The lowest BCUT2D eigenvalue weighted by molar-refractivity contribution is -0.378. The van der Waals surface area contributed by atoms with Crippen molar-refractivity contribution in [2.75, 3.05) is 0 Å². The molecule has 0 saturated carbocycles. The summed E-state index contributed by atoms with van der Waals surface area (Å²) in [5.41, 5.74) is 2.26. The Kier molecular flexibility index (Phi) is 3.65. The van der Waals surface area contributed by atoms with Gasteiger partial charge >= 0.3 is 1.41 Å². The Balaban J connectivity index is 0.000000151. The summed E-state index contributed by atoms with van der Waals surface area (Å²) in [5.74, 6) is 0. The number of aromatic amines is 1. The van der Waals surface area contributed by atoms with Crippen LogP contribution in [-0.4, -0.2) is 10.2 Å². The first-order valence-electron chi connectivity index (χ1n) is 4.83. The fourth-order valence-corrected chi connectivity index (χ4v) is 0.805. The molecule has 0 fully saturated rings. The minimum atomic E-state index is 1.11. The van der Waals surface area contributed by atoms with E-state index in [4.69, 9.17) is 1.41 Å². The molecule has 3 heteroatoms. The van der Waals surface area contributed by atoms with E-state index in [9.17, 15) is 0 Å². The molecule has 2 aromatic heterocycles. The Morgan fingerprint density at radius 3 is 2.43 bits per heavy atom. The molecule has 2 rings (SSSR count). The minimum Gasteiger partial charge on any atom is -0.218 e. The standard InChI is InChI=1S/C6H7N.C5H6N2/c1-6-3-2-4-7-5-6;1-5-2-3-6-7-4-5/h2-5H,1H3;2-4H,1H3/p+1/i/hT. The van der Waals surface area contributed by atoms with Crippen LogP contribution in [0.15, 0.2) is 43.0 Å². The van der Waals surface area contributed by atoms with Crippen molar-refractivity contribution in [3.05, 3.63) is 54.1 Å². The molecule has 0 saturated heterocycles. The normalized spacial score (nSPS) is 9.71. The summed E-state index contributed by atoms with van der Waals surface area (Å²) in [6, 6.07) is 5.72. The molecule has 2 aromatic rings. The van der Waals surface area contributed by atoms with E-state index >= 15 is 0 Å². The zero-order valence-corrected chi connectivity index (χ0v) is 8.38. The van der Waals surface area contributed by atoms with E-state index in [1.165, 1.54) is 4.98 Å². The molecule has 1 N–H and O–H groups in total. The van der Waals surface area contributed by atoms with Crippen molar-refractivity contribution in [2.45, 2.75) is 13.8 Å². The van der Waals surface area contributed by atoms with Crippen LogP contribution in [0.4, 0.5) is 0 Å². The van der Waals surface area contributed by atoms with Gasteiger partial charge in [0.2, 0.25) is 0 Å². The summed E-state index contributed by atoms with van der Waals surface area (Å²) >= 11 is 0. The SMILES string of the molecule is Cc1ccnnc1.[3H][n+]1cccc(C)c1. The summed E-state index contributed by atoms with van der Waals surface area (Å²) in [6.45, 7) is 3.94. The predicted octanol–water partition coefficient (Wildman–Crippen LogP) is 1.59. The first-order valence-corrected chi connectivity index (χ1v) is 4.39. The smallest absolute Gasteiger partial charge is 0.218 e. The molecular formula is C11H14N3+. The number of pyridine rings is 1. The van der Waals surface area contributed by atoms with Crippen molar-refractivity contribution in [1.29, 1.82) is 0 Å². The van der Waals surface area contributed by atoms with Crippen molar-refractivity contribution in [1.82, 2.24) is 10.2 Å². The van der Waals surface area contributed by atoms with Crippen LogP contribution in [0.1, 0.15) is 11.1 Å². The van der Waals surface area contributed by atoms with Gasteiger partial charge in [-0.15, -0.1) is 0 Å². The largest absolute Gasteiger partial charge is 0.453 e. The van der Waals surface area contributed by atoms with Crippen LogP contribution in [0.2, 0.25) is 1.41 Å². The maximum atomic E-state index is 7.05. The number of hydrogen-bond donors (Lipinski definition) is 0. The summed E-state index contributed by atoms with van der Waals surface area (Å²) < 4.78 is 7.05. The molecule has 0 spiro atoms. The average Bonchev–Trinajstić information content (AvgIpc) is 2.19. The van der Waals surface area contributed by atoms with Crippen LogP contribution in [0.3, 0.4) is 0 Å². The van der Waals surface area contributed by atoms with E-state index in [0.717, 1.165) is 11.1 Å². The maximum absolute atomic E-state index is 7.05. The monoisotopic (exact) mass is 190 g/mol. The van der Waals surface area contributed by atoms with Gasteiger partial charge in [0.05, 0.1) is 6.20 Å². The Bertz CT molecular complexity index is 386. The molecule has 0 radical (unpaired) electrons. The van der Waals surface area contributed by atoms with E-state index in [2.05, 4.69) is 10.2 Å². The third-order valence-electron chi connectivity index (χ3n) is 1.54. The van der Waals surface area contributed by atoms with Gasteiger partial charge < -0.3 is 0 Å². The predicted molar refractivity (Wildman–Crippen MR) is 54.5 cm³/mol. The lowest BCUT2D eigenvalue weighted by atomic mass is 10.3. The number of nitrogens with one attached hydrogen (secondary N) is 1. The van der Waals surface area contributed by atoms with Gasteiger partial charge in [-0.1, -0.05) is 0 Å². The lowest BCUT2D eigenvalue weighted by Gasteiger charge is -1.80. The van der Waals surface area contributed by atoms with E-state index < -0.39 is 0 Å². The summed E-state index contributed by atoms with van der Waals surface area (Å²) in [6.07, 6.45) is 6.84. The van der Waals surface area contributed by atoms with Gasteiger partial charge in [0.1, 0.15) is 0 Å². The van der Waals surface area contributed by atoms with Gasteiger partial charge in [-0.05, 0) is 31.5 Å². The number of rotatable bonds is 0.